The Balaban J connectivity index is 1.14. The third kappa shape index (κ3) is 6.12. The van der Waals surface area contributed by atoms with Crippen LogP contribution in [0.3, 0.4) is 0 Å². The molecule has 3 atom stereocenters. The summed E-state index contributed by atoms with van der Waals surface area (Å²) in [7, 11) is 0. The zero-order valence-electron chi connectivity index (χ0n) is 25.5. The number of hydrogen-bond donors (Lipinski definition) is 2. The van der Waals surface area contributed by atoms with E-state index in [1.165, 1.54) is 6.92 Å². The number of halogens is 1. The van der Waals surface area contributed by atoms with Gasteiger partial charge in [-0.2, -0.15) is 0 Å². The summed E-state index contributed by atoms with van der Waals surface area (Å²) >= 11 is 0. The van der Waals surface area contributed by atoms with E-state index in [4.69, 9.17) is 0 Å². The number of H-pyrrole nitrogens is 1. The lowest BCUT2D eigenvalue weighted by molar-refractivity contribution is -0.138. The number of carbonyl (C=O) groups is 4. The fourth-order valence-corrected chi connectivity index (χ4v) is 6.69. The molecule has 9 heteroatoms. The van der Waals surface area contributed by atoms with Gasteiger partial charge in [0.25, 0.3) is 0 Å². The first-order valence-electron chi connectivity index (χ1n) is 15.6. The normalized spacial score (nSPS) is 18.7. The molecule has 2 fully saturated rings. The highest BCUT2D eigenvalue weighted by molar-refractivity contribution is 5.98. The molecule has 0 radical (unpaired) electrons. The van der Waals surface area contributed by atoms with Gasteiger partial charge in [-0.1, -0.05) is 48.5 Å². The predicted molar refractivity (Wildman–Crippen MR) is 171 cm³/mol. The molecule has 232 valence electrons. The Bertz CT molecular complexity index is 1750. The summed E-state index contributed by atoms with van der Waals surface area (Å²) in [5, 5.41) is 3.25. The van der Waals surface area contributed by atoms with Crippen molar-refractivity contribution in [3.8, 4) is 11.3 Å². The topological polar surface area (TPSA) is 103 Å². The number of hydrogen-bond acceptors (Lipinski definition) is 4. The van der Waals surface area contributed by atoms with Gasteiger partial charge in [0.1, 0.15) is 6.04 Å². The van der Waals surface area contributed by atoms with Crippen molar-refractivity contribution in [2.24, 2.45) is 0 Å². The van der Waals surface area contributed by atoms with Crippen LogP contribution in [0.25, 0.3) is 22.2 Å². The number of anilines is 1. The maximum Gasteiger partial charge on any atom is 0.247 e. The zero-order valence-corrected chi connectivity index (χ0v) is 25.5. The first-order chi connectivity index (χ1) is 21.7. The number of carbonyl (C=O) groups excluding carboxylic acids is 4. The van der Waals surface area contributed by atoms with Gasteiger partial charge in [-0.3, -0.25) is 19.2 Å². The Hall–Kier alpha value is -4.79. The van der Waals surface area contributed by atoms with E-state index in [-0.39, 0.29) is 35.8 Å². The van der Waals surface area contributed by atoms with Crippen molar-refractivity contribution in [1.82, 2.24) is 14.8 Å². The summed E-state index contributed by atoms with van der Waals surface area (Å²) in [6, 6.07) is 20.8. The van der Waals surface area contributed by atoms with Gasteiger partial charge in [0.2, 0.25) is 17.7 Å². The van der Waals surface area contributed by atoms with Crippen molar-refractivity contribution in [2.45, 2.75) is 64.0 Å². The molecule has 0 aliphatic carbocycles. The van der Waals surface area contributed by atoms with Gasteiger partial charge in [-0.25, -0.2) is 4.39 Å². The van der Waals surface area contributed by atoms with Gasteiger partial charge >= 0.3 is 0 Å². The second-order valence-corrected chi connectivity index (χ2v) is 12.1. The molecule has 2 N–H and O–H groups in total. The summed E-state index contributed by atoms with van der Waals surface area (Å²) in [5.41, 5.74) is 3.71. The van der Waals surface area contributed by atoms with Crippen molar-refractivity contribution in [1.29, 1.82) is 0 Å². The number of nitrogens with one attached hydrogen (secondary N) is 2. The zero-order chi connectivity index (χ0) is 31.7. The first-order valence-corrected chi connectivity index (χ1v) is 15.6. The molecule has 2 aliphatic rings. The minimum absolute atomic E-state index is 0.0432. The molecule has 0 unspecified atom stereocenters. The van der Waals surface area contributed by atoms with Crippen LogP contribution in [0.4, 0.5) is 10.1 Å². The third-order valence-corrected chi connectivity index (χ3v) is 9.16. The van der Waals surface area contributed by atoms with Crippen LogP contribution >= 0.6 is 0 Å². The van der Waals surface area contributed by atoms with Gasteiger partial charge in [0.05, 0.1) is 17.7 Å². The first kappa shape index (κ1) is 30.2. The molecule has 2 aliphatic heterocycles. The lowest BCUT2D eigenvalue weighted by Gasteiger charge is -2.27. The number of Topliss-reactive ketones (excluding diaryl/α,β-unsaturated/α-hetero) is 1. The molecule has 0 saturated carbocycles. The standard InChI is InChI=1S/C36H37FN4O4/c1-22(25-8-4-3-5-9-25)36(45)41-19-6-10-30(41)32(43)21-24-12-17-29-28(20-24)33(37)34(39-29)26-13-15-27(16-14-26)38-35(44)31-11-7-18-40(31)23(2)42/h3-5,8-9,12-17,20,22,30-31,39H,6-7,10-11,18-19,21H2,1-2H3,(H,38,44)/t22-,30+,31+/m1/s1. The molecule has 6 rings (SSSR count). The number of nitrogens with zero attached hydrogens (tertiary/aromatic N) is 2. The van der Waals surface area contributed by atoms with Crippen LogP contribution in [0.2, 0.25) is 0 Å². The minimum atomic E-state index is -0.482. The largest absolute Gasteiger partial charge is 0.352 e. The fraction of sp³-hybridized carbons (Fsp3) is 0.333. The molecule has 8 nitrogen and oxygen atoms in total. The van der Waals surface area contributed by atoms with Crippen molar-refractivity contribution in [3.05, 3.63) is 89.7 Å². The van der Waals surface area contributed by atoms with Crippen LogP contribution in [0, 0.1) is 5.82 Å². The molecule has 1 aromatic heterocycles. The SMILES string of the molecule is CC(=O)N1CCC[C@H]1C(=O)Nc1ccc(-c2[nH]c3ccc(CC(=O)[C@@H]4CCCN4C(=O)[C@H](C)c4ccccc4)cc3c2F)cc1. The highest BCUT2D eigenvalue weighted by atomic mass is 19.1. The Kier molecular flexibility index (Phi) is 8.52. The lowest BCUT2D eigenvalue weighted by atomic mass is 9.97. The van der Waals surface area contributed by atoms with Crippen molar-refractivity contribution >= 4 is 40.1 Å². The number of amides is 3. The summed E-state index contributed by atoms with van der Waals surface area (Å²) in [6.45, 7) is 4.48. The number of rotatable bonds is 8. The molecule has 4 aromatic rings. The van der Waals surface area contributed by atoms with Crippen molar-refractivity contribution in [2.75, 3.05) is 18.4 Å². The molecule has 3 aromatic carbocycles. The molecule has 2 saturated heterocycles. The minimum Gasteiger partial charge on any atom is -0.352 e. The van der Waals surface area contributed by atoms with Crippen LogP contribution < -0.4 is 5.32 Å². The summed E-state index contributed by atoms with van der Waals surface area (Å²) in [6.07, 6.45) is 2.93. The molecule has 0 bridgehead atoms. The average molecular weight is 609 g/mol. The van der Waals surface area contributed by atoms with Crippen LogP contribution in [-0.2, 0) is 25.6 Å². The quantitative estimate of drug-likeness (QED) is 0.263. The van der Waals surface area contributed by atoms with Gasteiger partial charge in [0.15, 0.2) is 11.6 Å². The van der Waals surface area contributed by atoms with E-state index in [1.54, 1.807) is 46.2 Å². The second kappa shape index (κ2) is 12.7. The van der Waals surface area contributed by atoms with E-state index in [2.05, 4.69) is 10.3 Å². The van der Waals surface area contributed by atoms with Crippen LogP contribution in [-0.4, -0.2) is 63.5 Å². The Morgan fingerprint density at radius 1 is 0.911 bits per heavy atom. The van der Waals surface area contributed by atoms with E-state index >= 15 is 4.39 Å². The van der Waals surface area contributed by atoms with E-state index < -0.39 is 17.9 Å². The van der Waals surface area contributed by atoms with E-state index in [9.17, 15) is 19.2 Å². The van der Waals surface area contributed by atoms with Gasteiger partial charge in [-0.15, -0.1) is 0 Å². The molecule has 0 spiro atoms. The average Bonchev–Trinajstić information content (AvgIpc) is 3.81. The molecule has 3 amide bonds. The second-order valence-electron chi connectivity index (χ2n) is 12.1. The van der Waals surface area contributed by atoms with Crippen LogP contribution in [0.15, 0.2) is 72.8 Å². The number of aromatic amines is 1. The van der Waals surface area contributed by atoms with Crippen molar-refractivity contribution in [3.63, 3.8) is 0 Å². The molecular formula is C36H37FN4O4. The maximum absolute atomic E-state index is 15.7. The van der Waals surface area contributed by atoms with Gasteiger partial charge < -0.3 is 20.1 Å². The number of likely N-dealkylation sites (tertiary alicyclic amines) is 2. The van der Waals surface area contributed by atoms with E-state index in [0.29, 0.717) is 59.3 Å². The molecular weight excluding hydrogens is 571 g/mol. The third-order valence-electron chi connectivity index (χ3n) is 9.16. The number of ketones is 1. The van der Waals surface area contributed by atoms with Crippen molar-refractivity contribution < 1.29 is 23.6 Å². The number of benzene rings is 3. The van der Waals surface area contributed by atoms with Gasteiger partial charge in [0, 0.05) is 48.6 Å². The highest BCUT2D eigenvalue weighted by Crippen LogP contribution is 2.32. The van der Waals surface area contributed by atoms with E-state index in [0.717, 1.165) is 18.4 Å². The van der Waals surface area contributed by atoms with Crippen LogP contribution in [0.1, 0.15) is 56.6 Å². The Morgan fingerprint density at radius 2 is 1.60 bits per heavy atom. The smallest absolute Gasteiger partial charge is 0.247 e. The summed E-state index contributed by atoms with van der Waals surface area (Å²) in [5.74, 6) is -1.19. The Morgan fingerprint density at radius 3 is 2.31 bits per heavy atom. The number of aromatic nitrogens is 1. The lowest BCUT2D eigenvalue weighted by Crippen LogP contribution is -2.43. The highest BCUT2D eigenvalue weighted by Gasteiger charge is 2.36. The fourth-order valence-electron chi connectivity index (χ4n) is 6.69. The number of fused-ring (bicyclic) bond motifs is 1. The van der Waals surface area contributed by atoms with E-state index in [1.807, 2.05) is 43.3 Å². The Labute approximate surface area is 261 Å². The molecule has 45 heavy (non-hydrogen) atoms. The predicted octanol–water partition coefficient (Wildman–Crippen LogP) is 5.83. The summed E-state index contributed by atoms with van der Waals surface area (Å²) < 4.78 is 15.7. The maximum atomic E-state index is 15.7. The monoisotopic (exact) mass is 608 g/mol. The van der Waals surface area contributed by atoms with Gasteiger partial charge in [-0.05, 0) is 68.0 Å². The summed E-state index contributed by atoms with van der Waals surface area (Å²) in [4.78, 5) is 57.8. The van der Waals surface area contributed by atoms with Crippen LogP contribution in [0.5, 0.6) is 0 Å². The molecule has 3 heterocycles.